The Morgan fingerprint density at radius 3 is 1.12 bits per heavy atom. The molecule has 0 N–H and O–H groups in total. The fraction of sp³-hybridized carbons (Fsp3) is 0.714. The van der Waals surface area contributed by atoms with Crippen LogP contribution in [-0.2, 0) is 0 Å². The fourth-order valence-electron chi connectivity index (χ4n) is 0. The van der Waals surface area contributed by atoms with E-state index in [9.17, 15) is 0 Å². The van der Waals surface area contributed by atoms with Crippen molar-refractivity contribution >= 4 is 7.85 Å². The highest BCUT2D eigenvalue weighted by Crippen LogP contribution is 1.56. The van der Waals surface area contributed by atoms with Crippen molar-refractivity contribution in [2.24, 2.45) is 0 Å². The van der Waals surface area contributed by atoms with Crippen LogP contribution in [0.3, 0.4) is 0 Å². The normalized spacial score (nSPS) is 4.88. The van der Waals surface area contributed by atoms with Gasteiger partial charge in [0.15, 0.2) is 0 Å². The van der Waals surface area contributed by atoms with Crippen molar-refractivity contribution < 1.29 is 0 Å². The molecule has 8 heavy (non-hydrogen) atoms. The predicted molar refractivity (Wildman–Crippen MR) is 43.5 cm³/mol. The van der Waals surface area contributed by atoms with Gasteiger partial charge in [-0.15, -0.1) is 13.2 Å². The van der Waals surface area contributed by atoms with E-state index in [-0.39, 0.29) is 0 Å². The molecule has 0 aliphatic rings. The molecule has 48 valence electrons. The largest absolute Gasteiger partial charge is 0.106 e. The summed E-state index contributed by atoms with van der Waals surface area (Å²) in [5, 5.41) is 0. The van der Waals surface area contributed by atoms with E-state index < -0.39 is 0 Å². The summed E-state index contributed by atoms with van der Waals surface area (Å²) >= 11 is 0. The summed E-state index contributed by atoms with van der Waals surface area (Å²) in [5.74, 6) is 0. The summed E-state index contributed by atoms with van der Waals surface area (Å²) in [4.78, 5) is 0. The average Bonchev–Trinajstić information content (AvgIpc) is 1.75. The molecule has 0 saturated heterocycles. The second kappa shape index (κ2) is 70.4. The van der Waals surface area contributed by atoms with Crippen molar-refractivity contribution in [3.8, 4) is 0 Å². The first-order chi connectivity index (χ1) is 3.83. The third-order valence-corrected chi connectivity index (χ3v) is 0. The first-order valence-electron chi connectivity index (χ1n) is 3.03. The molecule has 0 aromatic heterocycles. The minimum atomic E-state index is 0.750. The van der Waals surface area contributed by atoms with E-state index in [1.807, 2.05) is 6.92 Å². The van der Waals surface area contributed by atoms with E-state index in [1.165, 1.54) is 6.42 Å². The maximum absolute atomic E-state index is 4.85. The molecule has 0 heterocycles. The summed E-state index contributed by atoms with van der Waals surface area (Å²) in [5.41, 5.74) is 0. The quantitative estimate of drug-likeness (QED) is 0.334. The third kappa shape index (κ3) is 3520. The smallest absolute Gasteiger partial charge is 0.0649 e. The lowest BCUT2D eigenvalue weighted by Crippen LogP contribution is -1.41. The van der Waals surface area contributed by atoms with Gasteiger partial charge in [0, 0.05) is 0 Å². The lowest BCUT2D eigenvalue weighted by molar-refractivity contribution is 1.09. The highest BCUT2D eigenvalue weighted by molar-refractivity contribution is 6.08. The molecule has 0 rings (SSSR count). The lowest BCUT2D eigenvalue weighted by atomic mass is 10.1. The highest BCUT2D eigenvalue weighted by Gasteiger charge is 1.37. The van der Waals surface area contributed by atoms with Crippen molar-refractivity contribution in [3.63, 3.8) is 0 Å². The second-order valence-corrected chi connectivity index (χ2v) is 1.12. The van der Waals surface area contributed by atoms with Crippen molar-refractivity contribution in [3.05, 3.63) is 13.2 Å². The van der Waals surface area contributed by atoms with E-state index in [0.29, 0.717) is 0 Å². The van der Waals surface area contributed by atoms with Crippen molar-refractivity contribution in [2.45, 2.75) is 33.5 Å². The molecular weight excluding hydrogens is 94.9 g/mol. The van der Waals surface area contributed by atoms with Gasteiger partial charge in [0.05, 0.1) is 7.85 Å². The summed E-state index contributed by atoms with van der Waals surface area (Å²) < 4.78 is 0. The van der Waals surface area contributed by atoms with Crippen LogP contribution in [0, 0.1) is 0 Å². The Morgan fingerprint density at radius 2 is 1.12 bits per heavy atom. The number of hydrogen-bond acceptors (Lipinski definition) is 0. The Hall–Kier alpha value is -0.195. The van der Waals surface area contributed by atoms with Gasteiger partial charge >= 0.3 is 0 Å². The molecule has 0 aliphatic carbocycles. The van der Waals surface area contributed by atoms with E-state index in [2.05, 4.69) is 27.0 Å². The third-order valence-electron chi connectivity index (χ3n) is 0. The van der Waals surface area contributed by atoms with Crippen LogP contribution in [0.2, 0.25) is 6.32 Å². The topological polar surface area (TPSA) is 0 Å². The second-order valence-electron chi connectivity index (χ2n) is 1.12. The van der Waals surface area contributed by atoms with Crippen LogP contribution in [0.25, 0.3) is 0 Å². The molecule has 0 fully saturated rings. The van der Waals surface area contributed by atoms with Crippen molar-refractivity contribution in [1.29, 1.82) is 0 Å². The lowest BCUT2D eigenvalue weighted by Gasteiger charge is -1.48. The summed E-state index contributed by atoms with van der Waals surface area (Å²) in [6.45, 7) is 12.2. The number of hydrogen-bond donors (Lipinski definition) is 0. The van der Waals surface area contributed by atoms with Crippen LogP contribution in [-0.4, -0.2) is 7.85 Å². The fourth-order valence-corrected chi connectivity index (χ4v) is 0. The van der Waals surface area contributed by atoms with Gasteiger partial charge < -0.3 is 0 Å². The SMILES string of the molecule is C=C.CCC.[B]CC. The van der Waals surface area contributed by atoms with E-state index in [1.54, 1.807) is 0 Å². The van der Waals surface area contributed by atoms with Crippen molar-refractivity contribution in [2.75, 3.05) is 0 Å². The van der Waals surface area contributed by atoms with E-state index >= 15 is 0 Å². The van der Waals surface area contributed by atoms with Gasteiger partial charge in [0.1, 0.15) is 0 Å². The van der Waals surface area contributed by atoms with Gasteiger partial charge in [0.25, 0.3) is 0 Å². The number of rotatable bonds is 0. The zero-order valence-corrected chi connectivity index (χ0v) is 6.41. The molecule has 0 amide bonds. The highest BCUT2D eigenvalue weighted by atomic mass is 13.4. The maximum Gasteiger partial charge on any atom is 0.0649 e. The van der Waals surface area contributed by atoms with E-state index in [4.69, 9.17) is 7.85 Å². The summed E-state index contributed by atoms with van der Waals surface area (Å²) in [7, 11) is 4.85. The standard InChI is InChI=1S/C3H8.C2H5B.C2H4/c1-3-2;1-2-3;1-2/h3H2,1-2H3;2H2,1H3;1-2H2. The van der Waals surface area contributed by atoms with Crippen LogP contribution in [0.4, 0.5) is 0 Å². The van der Waals surface area contributed by atoms with Crippen LogP contribution >= 0.6 is 0 Å². The minimum Gasteiger partial charge on any atom is -0.106 e. The molecule has 0 aliphatic heterocycles. The first kappa shape index (κ1) is 15.7. The van der Waals surface area contributed by atoms with Gasteiger partial charge in [-0.1, -0.05) is 33.5 Å². The zero-order chi connectivity index (χ0) is 7.41. The molecule has 0 atom stereocenters. The first-order valence-corrected chi connectivity index (χ1v) is 3.03. The summed E-state index contributed by atoms with van der Waals surface area (Å²) in [6.07, 6.45) is 2.00. The van der Waals surface area contributed by atoms with Gasteiger partial charge in [-0.3, -0.25) is 0 Å². The Balaban J connectivity index is -0.0000000483. The molecule has 0 unspecified atom stereocenters. The zero-order valence-electron chi connectivity index (χ0n) is 6.41. The maximum atomic E-state index is 4.85. The molecule has 1 heteroatoms. The Morgan fingerprint density at radius 1 is 1.12 bits per heavy atom. The van der Waals surface area contributed by atoms with Crippen LogP contribution in [0.1, 0.15) is 27.2 Å². The monoisotopic (exact) mass is 112 g/mol. The van der Waals surface area contributed by atoms with Crippen molar-refractivity contribution in [1.82, 2.24) is 0 Å². The molecule has 0 nitrogen and oxygen atoms in total. The Kier molecular flexibility index (Phi) is 138. The van der Waals surface area contributed by atoms with Gasteiger partial charge in [-0.2, -0.15) is 0 Å². The van der Waals surface area contributed by atoms with E-state index in [0.717, 1.165) is 6.32 Å². The predicted octanol–water partition coefficient (Wildman–Crippen LogP) is 2.81. The molecule has 0 aromatic carbocycles. The summed E-state index contributed by atoms with van der Waals surface area (Å²) in [6, 6.07) is 0. The minimum absolute atomic E-state index is 0.750. The molecule has 0 bridgehead atoms. The Labute approximate surface area is 55.4 Å². The van der Waals surface area contributed by atoms with Crippen LogP contribution in [0.15, 0.2) is 13.2 Å². The Bertz CT molecular complexity index is 11.9. The molecule has 0 spiro atoms. The van der Waals surface area contributed by atoms with Gasteiger partial charge in [0.2, 0.25) is 0 Å². The van der Waals surface area contributed by atoms with Crippen LogP contribution < -0.4 is 0 Å². The van der Waals surface area contributed by atoms with Gasteiger partial charge in [-0.05, 0) is 0 Å². The molecule has 2 radical (unpaired) electrons. The molecule has 0 aromatic rings. The van der Waals surface area contributed by atoms with Crippen LogP contribution in [0.5, 0.6) is 0 Å². The molecule has 0 saturated carbocycles. The average molecular weight is 112 g/mol. The molecular formula is C7H17B. The van der Waals surface area contributed by atoms with Gasteiger partial charge in [-0.25, -0.2) is 0 Å².